The van der Waals surface area contributed by atoms with E-state index in [1.807, 2.05) is 4.90 Å². The third-order valence-electron chi connectivity index (χ3n) is 6.02. The summed E-state index contributed by atoms with van der Waals surface area (Å²) < 4.78 is 26.6. The lowest BCUT2D eigenvalue weighted by atomic mass is 10.0. The van der Waals surface area contributed by atoms with Crippen LogP contribution in [0.15, 0.2) is 40.8 Å². The minimum Gasteiger partial charge on any atom is -0.486 e. The zero-order valence-electron chi connectivity index (χ0n) is 17.3. The number of likely N-dealkylation sites (tertiary alicyclic amines) is 1. The molecule has 2 aliphatic rings. The van der Waals surface area contributed by atoms with Crippen LogP contribution in [0.4, 0.5) is 4.39 Å². The molecule has 0 N–H and O–H groups in total. The van der Waals surface area contributed by atoms with Gasteiger partial charge in [-0.15, -0.1) is 10.2 Å². The third-order valence-corrected chi connectivity index (χ3v) is 6.02. The van der Waals surface area contributed by atoms with Crippen LogP contribution in [-0.4, -0.2) is 32.1 Å². The van der Waals surface area contributed by atoms with E-state index in [9.17, 15) is 9.18 Å². The molecular formula is C23H25FN4O3. The van der Waals surface area contributed by atoms with Gasteiger partial charge in [-0.3, -0.25) is 4.79 Å². The second-order valence-electron chi connectivity index (χ2n) is 8.10. The summed E-state index contributed by atoms with van der Waals surface area (Å²) >= 11 is 0. The van der Waals surface area contributed by atoms with Crippen LogP contribution >= 0.6 is 0 Å². The molecule has 7 nitrogen and oxygen atoms in total. The molecular weight excluding hydrogens is 399 g/mol. The number of amides is 1. The van der Waals surface area contributed by atoms with Gasteiger partial charge < -0.3 is 18.6 Å². The Morgan fingerprint density at radius 2 is 1.90 bits per heavy atom. The predicted molar refractivity (Wildman–Crippen MR) is 110 cm³/mol. The maximum Gasteiger partial charge on any atom is 0.290 e. The lowest BCUT2D eigenvalue weighted by Gasteiger charge is -2.35. The SMILES string of the molecule is O=C(c1ccc(COc2ccc(F)cc2)o1)N1CCCC[C@@H]1c1nnc2n1CCCC2. The van der Waals surface area contributed by atoms with E-state index in [0.29, 0.717) is 23.8 Å². The number of fused-ring (bicyclic) bond motifs is 1. The topological polar surface area (TPSA) is 73.4 Å². The molecule has 1 fully saturated rings. The first-order valence-corrected chi connectivity index (χ1v) is 10.9. The highest BCUT2D eigenvalue weighted by molar-refractivity contribution is 5.91. The molecule has 3 aromatic rings. The van der Waals surface area contributed by atoms with Crippen molar-refractivity contribution in [1.29, 1.82) is 0 Å². The average molecular weight is 424 g/mol. The van der Waals surface area contributed by atoms with Crippen molar-refractivity contribution in [3.63, 3.8) is 0 Å². The van der Waals surface area contributed by atoms with Crippen LogP contribution in [0, 0.1) is 5.82 Å². The van der Waals surface area contributed by atoms with Gasteiger partial charge in [0.1, 0.15) is 29.8 Å². The molecule has 4 heterocycles. The number of nitrogens with zero attached hydrogens (tertiary/aromatic N) is 4. The van der Waals surface area contributed by atoms with Gasteiger partial charge in [-0.05, 0) is 68.5 Å². The molecule has 8 heteroatoms. The Hall–Kier alpha value is -3.16. The number of furan rings is 1. The lowest BCUT2D eigenvalue weighted by Crippen LogP contribution is -2.39. The molecule has 0 saturated carbocycles. The Balaban J connectivity index is 1.30. The summed E-state index contributed by atoms with van der Waals surface area (Å²) in [5.74, 6) is 2.85. The largest absolute Gasteiger partial charge is 0.486 e. The van der Waals surface area contributed by atoms with Crippen LogP contribution in [0.25, 0.3) is 0 Å². The summed E-state index contributed by atoms with van der Waals surface area (Å²) in [7, 11) is 0. The van der Waals surface area contributed by atoms with Crippen LogP contribution in [0.3, 0.4) is 0 Å². The van der Waals surface area contributed by atoms with E-state index in [4.69, 9.17) is 9.15 Å². The summed E-state index contributed by atoms with van der Waals surface area (Å²) in [6, 6.07) is 9.15. The first-order valence-electron chi connectivity index (χ1n) is 10.9. The second kappa shape index (κ2) is 8.53. The van der Waals surface area contributed by atoms with Crippen molar-refractivity contribution in [2.45, 2.75) is 57.7 Å². The Morgan fingerprint density at radius 3 is 2.77 bits per heavy atom. The summed E-state index contributed by atoms with van der Waals surface area (Å²) in [5.41, 5.74) is 0. The van der Waals surface area contributed by atoms with Gasteiger partial charge in [0.2, 0.25) is 0 Å². The quantitative estimate of drug-likeness (QED) is 0.611. The molecule has 0 spiro atoms. The zero-order valence-corrected chi connectivity index (χ0v) is 17.3. The number of halogens is 1. The van der Waals surface area contributed by atoms with Crippen molar-refractivity contribution in [2.24, 2.45) is 0 Å². The zero-order chi connectivity index (χ0) is 21.2. The van der Waals surface area contributed by atoms with Gasteiger partial charge in [0.05, 0.1) is 6.04 Å². The van der Waals surface area contributed by atoms with Crippen molar-refractivity contribution in [3.05, 3.63) is 65.4 Å². The average Bonchev–Trinajstić information content (AvgIpc) is 3.46. The van der Waals surface area contributed by atoms with E-state index in [-0.39, 0.29) is 24.4 Å². The summed E-state index contributed by atoms with van der Waals surface area (Å²) in [6.07, 6.45) is 6.11. The molecule has 1 amide bonds. The predicted octanol–water partition coefficient (Wildman–Crippen LogP) is 4.29. The van der Waals surface area contributed by atoms with E-state index in [0.717, 1.165) is 56.7 Å². The van der Waals surface area contributed by atoms with Gasteiger partial charge in [0, 0.05) is 19.5 Å². The number of aryl methyl sites for hydroxylation is 1. The smallest absolute Gasteiger partial charge is 0.290 e. The van der Waals surface area contributed by atoms with Crippen molar-refractivity contribution in [1.82, 2.24) is 19.7 Å². The van der Waals surface area contributed by atoms with Crippen molar-refractivity contribution in [2.75, 3.05) is 6.54 Å². The van der Waals surface area contributed by atoms with Crippen LogP contribution in [0.2, 0.25) is 0 Å². The summed E-state index contributed by atoms with van der Waals surface area (Å²) in [5, 5.41) is 8.84. The highest BCUT2D eigenvalue weighted by atomic mass is 19.1. The Bertz CT molecular complexity index is 1060. The molecule has 2 aromatic heterocycles. The number of hydrogen-bond acceptors (Lipinski definition) is 5. The number of hydrogen-bond donors (Lipinski definition) is 0. The van der Waals surface area contributed by atoms with Crippen LogP contribution in [0.5, 0.6) is 5.75 Å². The first-order chi connectivity index (χ1) is 15.2. The number of aromatic nitrogens is 3. The molecule has 0 unspecified atom stereocenters. The van der Waals surface area contributed by atoms with Gasteiger partial charge >= 0.3 is 0 Å². The highest BCUT2D eigenvalue weighted by Crippen LogP contribution is 2.33. The van der Waals surface area contributed by atoms with Gasteiger partial charge in [-0.2, -0.15) is 0 Å². The molecule has 1 aromatic carbocycles. The van der Waals surface area contributed by atoms with Gasteiger partial charge in [-0.25, -0.2) is 4.39 Å². The number of rotatable bonds is 5. The van der Waals surface area contributed by atoms with Gasteiger partial charge in [0.25, 0.3) is 5.91 Å². The van der Waals surface area contributed by atoms with Crippen molar-refractivity contribution in [3.8, 4) is 5.75 Å². The maximum atomic E-state index is 13.3. The monoisotopic (exact) mass is 424 g/mol. The third kappa shape index (κ3) is 4.06. The molecule has 162 valence electrons. The lowest BCUT2D eigenvalue weighted by molar-refractivity contribution is 0.0557. The van der Waals surface area contributed by atoms with E-state index < -0.39 is 0 Å². The van der Waals surface area contributed by atoms with Crippen molar-refractivity contribution >= 4 is 5.91 Å². The Kier molecular flexibility index (Phi) is 5.44. The highest BCUT2D eigenvalue weighted by Gasteiger charge is 2.34. The first kappa shape index (κ1) is 19.8. The summed E-state index contributed by atoms with van der Waals surface area (Å²) in [4.78, 5) is 15.2. The van der Waals surface area contributed by atoms with Crippen LogP contribution < -0.4 is 4.74 Å². The van der Waals surface area contributed by atoms with Gasteiger partial charge in [0.15, 0.2) is 11.6 Å². The van der Waals surface area contributed by atoms with Gasteiger partial charge in [-0.1, -0.05) is 0 Å². The Labute approximate surface area is 179 Å². The summed E-state index contributed by atoms with van der Waals surface area (Å²) in [6.45, 7) is 1.76. The fraction of sp³-hybridized carbons (Fsp3) is 0.435. The molecule has 1 saturated heterocycles. The van der Waals surface area contributed by atoms with E-state index >= 15 is 0 Å². The molecule has 0 radical (unpaired) electrons. The number of benzene rings is 1. The standard InChI is InChI=1S/C23H25FN4O3/c24-16-7-9-17(10-8-16)30-15-18-11-12-20(31-18)23(29)27-13-3-1-5-19(27)22-26-25-21-6-2-4-14-28(21)22/h7-12,19H,1-6,13-15H2/t19-/m1/s1. The van der Waals surface area contributed by atoms with Crippen molar-refractivity contribution < 1.29 is 18.3 Å². The fourth-order valence-electron chi connectivity index (χ4n) is 4.42. The molecule has 2 aliphatic heterocycles. The number of carbonyl (C=O) groups excluding carboxylic acids is 1. The van der Waals surface area contributed by atoms with Crippen LogP contribution in [-0.2, 0) is 19.6 Å². The normalized spacial score (nSPS) is 18.6. The van der Waals surface area contributed by atoms with E-state index in [2.05, 4.69) is 14.8 Å². The number of piperidine rings is 1. The fourth-order valence-corrected chi connectivity index (χ4v) is 4.42. The molecule has 0 aliphatic carbocycles. The van der Waals surface area contributed by atoms with E-state index in [1.54, 1.807) is 24.3 Å². The molecule has 0 bridgehead atoms. The Morgan fingerprint density at radius 1 is 1.06 bits per heavy atom. The number of carbonyl (C=O) groups is 1. The van der Waals surface area contributed by atoms with E-state index in [1.165, 1.54) is 12.1 Å². The molecule has 1 atom stereocenters. The molecule has 5 rings (SSSR count). The minimum atomic E-state index is -0.316. The second-order valence-corrected chi connectivity index (χ2v) is 8.10. The minimum absolute atomic E-state index is 0.0791. The maximum absolute atomic E-state index is 13.3. The number of ether oxygens (including phenoxy) is 1. The van der Waals surface area contributed by atoms with Crippen LogP contribution in [0.1, 0.15) is 66.1 Å². The molecule has 31 heavy (non-hydrogen) atoms.